The van der Waals surface area contributed by atoms with E-state index in [1.54, 1.807) is 14.2 Å². The first-order chi connectivity index (χ1) is 15.2. The quantitative estimate of drug-likeness (QED) is 0.678. The van der Waals surface area contributed by atoms with E-state index in [9.17, 15) is 4.79 Å². The van der Waals surface area contributed by atoms with Crippen LogP contribution >= 0.6 is 0 Å². The van der Waals surface area contributed by atoms with Crippen molar-refractivity contribution in [3.05, 3.63) is 53.1 Å². The number of rotatable bonds is 8. The molecule has 1 saturated heterocycles. The van der Waals surface area contributed by atoms with Gasteiger partial charge in [-0.15, -0.1) is 0 Å². The van der Waals surface area contributed by atoms with E-state index in [4.69, 9.17) is 15.2 Å². The Morgan fingerprint density at radius 3 is 2.58 bits per heavy atom. The Hall–Kier alpha value is -2.77. The maximum atomic E-state index is 13.5. The number of amides is 1. The highest BCUT2D eigenvalue weighted by Crippen LogP contribution is 2.40. The largest absolute Gasteiger partial charge is 0.493 e. The van der Waals surface area contributed by atoms with Crippen molar-refractivity contribution < 1.29 is 14.3 Å². The smallest absolute Gasteiger partial charge is 0.255 e. The fourth-order valence-electron chi connectivity index (χ4n) is 4.67. The first kappa shape index (κ1) is 21.5. The molecule has 7 heteroatoms. The van der Waals surface area contributed by atoms with E-state index in [-0.39, 0.29) is 11.9 Å². The molecule has 4 rings (SSSR count). The fraction of sp³-hybridized carbons (Fsp3) is 0.458. The van der Waals surface area contributed by atoms with E-state index in [0.717, 1.165) is 55.7 Å². The predicted octanol–water partition coefficient (Wildman–Crippen LogP) is 2.55. The third-order valence-electron chi connectivity index (χ3n) is 6.28. The average Bonchev–Trinajstić information content (AvgIpc) is 3.16. The van der Waals surface area contributed by atoms with Gasteiger partial charge in [-0.2, -0.15) is 0 Å². The Kier molecular flexibility index (Phi) is 6.63. The molecule has 166 valence electrons. The molecule has 2 aromatic carbocycles. The number of benzene rings is 2. The molecular formula is C24H32N4O3. The van der Waals surface area contributed by atoms with Crippen molar-refractivity contribution in [2.45, 2.75) is 25.4 Å². The minimum absolute atomic E-state index is 0.0703. The molecule has 1 amide bonds. The molecule has 2 aliphatic rings. The Balaban J connectivity index is 1.67. The molecule has 0 aliphatic carbocycles. The van der Waals surface area contributed by atoms with Gasteiger partial charge in [0.1, 0.15) is 0 Å². The normalized spacial score (nSPS) is 16.9. The number of fused-ring (bicyclic) bond motifs is 1. The number of nitrogens with one attached hydrogen (secondary N) is 1. The van der Waals surface area contributed by atoms with E-state index >= 15 is 0 Å². The Bertz CT molecular complexity index is 927. The van der Waals surface area contributed by atoms with E-state index in [1.807, 2.05) is 35.2 Å². The molecule has 2 heterocycles. The van der Waals surface area contributed by atoms with Crippen LogP contribution in [0.1, 0.15) is 40.4 Å². The van der Waals surface area contributed by atoms with Crippen LogP contribution in [-0.4, -0.2) is 57.8 Å². The number of carbonyl (C=O) groups excluding carboxylic acids is 1. The minimum Gasteiger partial charge on any atom is -0.493 e. The lowest BCUT2D eigenvalue weighted by Crippen LogP contribution is -2.43. The van der Waals surface area contributed by atoms with Gasteiger partial charge < -0.3 is 30.3 Å². The molecule has 0 spiro atoms. The summed E-state index contributed by atoms with van der Waals surface area (Å²) in [5.41, 5.74) is 10.00. The van der Waals surface area contributed by atoms with Gasteiger partial charge >= 0.3 is 0 Å². The fourth-order valence-corrected chi connectivity index (χ4v) is 4.67. The van der Waals surface area contributed by atoms with Crippen LogP contribution in [0, 0.1) is 0 Å². The molecule has 1 atom stereocenters. The number of hydrogen-bond acceptors (Lipinski definition) is 6. The van der Waals surface area contributed by atoms with Crippen molar-refractivity contribution >= 4 is 11.6 Å². The number of nitrogens with two attached hydrogens (primary N) is 1. The highest BCUT2D eigenvalue weighted by Gasteiger charge is 2.35. The summed E-state index contributed by atoms with van der Waals surface area (Å²) in [7, 11) is 3.26. The molecular weight excluding hydrogens is 392 g/mol. The summed E-state index contributed by atoms with van der Waals surface area (Å²) in [4.78, 5) is 17.9. The number of anilines is 1. The molecule has 1 fully saturated rings. The number of carbonyl (C=O) groups is 1. The lowest BCUT2D eigenvalue weighted by atomic mass is 9.99. The summed E-state index contributed by atoms with van der Waals surface area (Å²) in [6.45, 7) is 5.04. The Labute approximate surface area is 184 Å². The van der Waals surface area contributed by atoms with Crippen LogP contribution in [0.15, 0.2) is 36.4 Å². The molecule has 1 unspecified atom stereocenters. The van der Waals surface area contributed by atoms with E-state index in [2.05, 4.69) is 16.3 Å². The lowest BCUT2D eigenvalue weighted by molar-refractivity contribution is 0.0689. The van der Waals surface area contributed by atoms with Gasteiger partial charge in [0.05, 0.1) is 20.3 Å². The topological polar surface area (TPSA) is 80.1 Å². The highest BCUT2D eigenvalue weighted by atomic mass is 16.5. The summed E-state index contributed by atoms with van der Waals surface area (Å²) in [6.07, 6.45) is 1.64. The molecule has 0 bridgehead atoms. The standard InChI is InChI=1S/C24H32N4O3/c1-30-22-9-8-17(15-23(22)31-2)20(7-4-10-25)28-16-19-18(24(28)29)5-3-6-21(19)27-13-11-26-12-14-27/h3,5-6,8-9,15,20,26H,4,7,10-14,16,25H2,1-2H3. The zero-order valence-electron chi connectivity index (χ0n) is 18.4. The van der Waals surface area contributed by atoms with Crippen LogP contribution in [0.5, 0.6) is 11.5 Å². The maximum absolute atomic E-state index is 13.5. The predicted molar refractivity (Wildman–Crippen MR) is 122 cm³/mol. The van der Waals surface area contributed by atoms with Gasteiger partial charge in [-0.05, 0) is 49.2 Å². The molecule has 31 heavy (non-hydrogen) atoms. The monoisotopic (exact) mass is 424 g/mol. The van der Waals surface area contributed by atoms with Crippen molar-refractivity contribution in [2.75, 3.05) is 51.8 Å². The summed E-state index contributed by atoms with van der Waals surface area (Å²) >= 11 is 0. The van der Waals surface area contributed by atoms with Crippen molar-refractivity contribution in [1.82, 2.24) is 10.2 Å². The maximum Gasteiger partial charge on any atom is 0.255 e. The Morgan fingerprint density at radius 2 is 1.87 bits per heavy atom. The van der Waals surface area contributed by atoms with Crippen LogP contribution in [-0.2, 0) is 6.54 Å². The molecule has 0 aromatic heterocycles. The summed E-state index contributed by atoms with van der Waals surface area (Å²) < 4.78 is 10.9. The number of nitrogens with zero attached hydrogens (tertiary/aromatic N) is 2. The second kappa shape index (κ2) is 9.58. The van der Waals surface area contributed by atoms with Gasteiger partial charge in [0.25, 0.3) is 5.91 Å². The molecule has 3 N–H and O–H groups in total. The zero-order chi connectivity index (χ0) is 21.8. The van der Waals surface area contributed by atoms with Gasteiger partial charge in [-0.25, -0.2) is 0 Å². The second-order valence-electron chi connectivity index (χ2n) is 8.03. The first-order valence-electron chi connectivity index (χ1n) is 11.0. The van der Waals surface area contributed by atoms with Crippen LogP contribution in [0.4, 0.5) is 5.69 Å². The van der Waals surface area contributed by atoms with Gasteiger partial charge in [0, 0.05) is 49.5 Å². The van der Waals surface area contributed by atoms with E-state index < -0.39 is 0 Å². The van der Waals surface area contributed by atoms with Crippen molar-refractivity contribution in [2.24, 2.45) is 5.73 Å². The van der Waals surface area contributed by atoms with E-state index in [0.29, 0.717) is 24.6 Å². The summed E-state index contributed by atoms with van der Waals surface area (Å²) in [6, 6.07) is 11.9. The molecule has 7 nitrogen and oxygen atoms in total. The van der Waals surface area contributed by atoms with Crippen LogP contribution in [0.3, 0.4) is 0 Å². The van der Waals surface area contributed by atoms with Crippen LogP contribution in [0.25, 0.3) is 0 Å². The van der Waals surface area contributed by atoms with Crippen molar-refractivity contribution in [1.29, 1.82) is 0 Å². The summed E-state index contributed by atoms with van der Waals surface area (Å²) in [5, 5.41) is 3.40. The highest BCUT2D eigenvalue weighted by molar-refractivity contribution is 6.00. The second-order valence-corrected chi connectivity index (χ2v) is 8.03. The molecule has 0 radical (unpaired) electrons. The first-order valence-corrected chi connectivity index (χ1v) is 11.0. The molecule has 0 saturated carbocycles. The van der Waals surface area contributed by atoms with Gasteiger partial charge in [0.15, 0.2) is 11.5 Å². The van der Waals surface area contributed by atoms with Gasteiger partial charge in [-0.1, -0.05) is 12.1 Å². The third-order valence-corrected chi connectivity index (χ3v) is 6.28. The number of piperazine rings is 1. The van der Waals surface area contributed by atoms with Gasteiger partial charge in [0.2, 0.25) is 0 Å². The van der Waals surface area contributed by atoms with Crippen molar-refractivity contribution in [3.8, 4) is 11.5 Å². The average molecular weight is 425 g/mol. The SMILES string of the molecule is COc1ccc(C(CCCN)N2Cc3c(cccc3N3CCNCC3)C2=O)cc1OC. The third kappa shape index (κ3) is 4.20. The Morgan fingerprint density at radius 1 is 1.10 bits per heavy atom. The van der Waals surface area contributed by atoms with Crippen LogP contribution < -0.4 is 25.4 Å². The number of ether oxygens (including phenoxy) is 2. The number of hydrogen-bond donors (Lipinski definition) is 2. The lowest BCUT2D eigenvalue weighted by Gasteiger charge is -2.31. The summed E-state index contributed by atoms with van der Waals surface area (Å²) in [5.74, 6) is 1.44. The number of methoxy groups -OCH3 is 2. The van der Waals surface area contributed by atoms with Crippen molar-refractivity contribution in [3.63, 3.8) is 0 Å². The minimum atomic E-state index is -0.0703. The van der Waals surface area contributed by atoms with Gasteiger partial charge in [-0.3, -0.25) is 4.79 Å². The van der Waals surface area contributed by atoms with Crippen LogP contribution in [0.2, 0.25) is 0 Å². The zero-order valence-corrected chi connectivity index (χ0v) is 18.4. The molecule has 2 aromatic rings. The van der Waals surface area contributed by atoms with E-state index in [1.165, 1.54) is 5.69 Å². The molecule has 2 aliphatic heterocycles.